The molecule has 1 unspecified atom stereocenters. The van der Waals surface area contributed by atoms with Crippen molar-refractivity contribution in [1.82, 2.24) is 4.90 Å². The van der Waals surface area contributed by atoms with Crippen LogP contribution in [0.2, 0.25) is 0 Å². The topological polar surface area (TPSA) is 63.1 Å². The molecular formula is C22H28F2N3O3+. The highest BCUT2D eigenvalue weighted by atomic mass is 19.3. The number of halogens is 2. The lowest BCUT2D eigenvalue weighted by molar-refractivity contribution is -0.908. The minimum Gasteiger partial charge on any atom is -0.435 e. The maximum Gasteiger partial charge on any atom is 0.387 e. The Morgan fingerprint density at radius 2 is 1.70 bits per heavy atom. The number of quaternary nitrogens is 1. The number of anilines is 1. The summed E-state index contributed by atoms with van der Waals surface area (Å²) < 4.78 is 28.8. The molecule has 0 aliphatic rings. The molecule has 0 bridgehead atoms. The zero-order chi connectivity index (χ0) is 22.3. The summed E-state index contributed by atoms with van der Waals surface area (Å²) in [5.74, 6) is -0.340. The maximum absolute atomic E-state index is 12.7. The van der Waals surface area contributed by atoms with Crippen molar-refractivity contribution >= 4 is 17.5 Å². The summed E-state index contributed by atoms with van der Waals surface area (Å²) in [6, 6.07) is 13.4. The second-order valence-corrected chi connectivity index (χ2v) is 7.38. The Labute approximate surface area is 175 Å². The van der Waals surface area contributed by atoms with Crippen molar-refractivity contribution in [3.05, 3.63) is 59.7 Å². The molecular weight excluding hydrogens is 392 g/mol. The number of hydrogen-bond acceptors (Lipinski definition) is 3. The number of benzene rings is 2. The van der Waals surface area contributed by atoms with Crippen LogP contribution in [0.5, 0.6) is 5.75 Å². The van der Waals surface area contributed by atoms with Gasteiger partial charge in [0, 0.05) is 18.3 Å². The molecule has 2 aromatic rings. The average Bonchev–Trinajstić information content (AvgIpc) is 2.69. The van der Waals surface area contributed by atoms with Gasteiger partial charge in [-0.3, -0.25) is 9.59 Å². The summed E-state index contributed by atoms with van der Waals surface area (Å²) in [5, 5.41) is 2.78. The minimum atomic E-state index is -2.86. The van der Waals surface area contributed by atoms with Crippen molar-refractivity contribution < 1.29 is 28.0 Å². The molecule has 162 valence electrons. The number of carbonyl (C=O) groups is 2. The molecule has 0 saturated heterocycles. The van der Waals surface area contributed by atoms with Crippen molar-refractivity contribution in [2.75, 3.05) is 26.0 Å². The van der Waals surface area contributed by atoms with Crippen LogP contribution < -0.4 is 15.0 Å². The average molecular weight is 420 g/mol. The number of nitrogens with one attached hydrogen (secondary N) is 2. The van der Waals surface area contributed by atoms with Crippen LogP contribution in [0.4, 0.5) is 14.5 Å². The van der Waals surface area contributed by atoms with Gasteiger partial charge in [-0.2, -0.15) is 8.78 Å². The number of likely N-dealkylation sites (N-methyl/N-ethyl adjacent to an activating group) is 2. The number of rotatable bonds is 9. The smallest absolute Gasteiger partial charge is 0.387 e. The van der Waals surface area contributed by atoms with Gasteiger partial charge >= 0.3 is 6.61 Å². The van der Waals surface area contributed by atoms with Gasteiger partial charge in [0.25, 0.3) is 5.91 Å². The molecule has 0 radical (unpaired) electrons. The van der Waals surface area contributed by atoms with Gasteiger partial charge in [-0.25, -0.2) is 0 Å². The third-order valence-electron chi connectivity index (χ3n) is 4.83. The summed E-state index contributed by atoms with van der Waals surface area (Å²) in [5.41, 5.74) is 2.66. The molecule has 0 saturated carbocycles. The van der Waals surface area contributed by atoms with Gasteiger partial charge < -0.3 is 19.9 Å². The van der Waals surface area contributed by atoms with Crippen LogP contribution in [0.15, 0.2) is 48.5 Å². The molecule has 6 nitrogen and oxygen atoms in total. The van der Waals surface area contributed by atoms with E-state index in [0.717, 1.165) is 16.0 Å². The van der Waals surface area contributed by atoms with Crippen LogP contribution in [-0.2, 0) is 16.1 Å². The second-order valence-electron chi connectivity index (χ2n) is 7.38. The van der Waals surface area contributed by atoms with Gasteiger partial charge in [-0.05, 0) is 50.2 Å². The van der Waals surface area contributed by atoms with Gasteiger partial charge in [0.1, 0.15) is 12.3 Å². The van der Waals surface area contributed by atoms with E-state index in [0.29, 0.717) is 12.2 Å². The number of aryl methyl sites for hydroxylation is 1. The third-order valence-corrected chi connectivity index (χ3v) is 4.83. The van der Waals surface area contributed by atoms with E-state index >= 15 is 0 Å². The van der Waals surface area contributed by atoms with Crippen molar-refractivity contribution in [2.45, 2.75) is 33.0 Å². The first-order valence-corrected chi connectivity index (χ1v) is 9.63. The van der Waals surface area contributed by atoms with E-state index in [1.807, 2.05) is 38.2 Å². The van der Waals surface area contributed by atoms with E-state index < -0.39 is 6.61 Å². The zero-order valence-corrected chi connectivity index (χ0v) is 17.6. The molecule has 2 atom stereocenters. The molecule has 2 N–H and O–H groups in total. The maximum atomic E-state index is 12.7. The van der Waals surface area contributed by atoms with Crippen molar-refractivity contribution in [1.29, 1.82) is 0 Å². The summed E-state index contributed by atoms with van der Waals surface area (Å²) in [7, 11) is 3.46. The number of hydrogen-bond donors (Lipinski definition) is 2. The van der Waals surface area contributed by atoms with Crippen molar-refractivity contribution in [3.63, 3.8) is 0 Å². The minimum absolute atomic E-state index is 0.0516. The van der Waals surface area contributed by atoms with E-state index in [4.69, 9.17) is 0 Å². The summed E-state index contributed by atoms with van der Waals surface area (Å²) in [6.07, 6.45) is 0. The molecule has 0 spiro atoms. The highest BCUT2D eigenvalue weighted by molar-refractivity contribution is 5.94. The molecule has 0 aliphatic heterocycles. The highest BCUT2D eigenvalue weighted by Crippen LogP contribution is 2.14. The predicted octanol–water partition coefficient (Wildman–Crippen LogP) is 2.10. The van der Waals surface area contributed by atoms with Crippen molar-refractivity contribution in [3.8, 4) is 5.75 Å². The van der Waals surface area contributed by atoms with Gasteiger partial charge in [-0.15, -0.1) is 0 Å². The summed E-state index contributed by atoms with van der Waals surface area (Å²) >= 11 is 0. The number of carbonyl (C=O) groups excluding carboxylic acids is 2. The Bertz CT molecular complexity index is 842. The Hall–Kier alpha value is -3.00. The molecule has 2 amide bonds. The highest BCUT2D eigenvalue weighted by Gasteiger charge is 2.26. The van der Waals surface area contributed by atoms with Gasteiger partial charge in [0.15, 0.2) is 6.04 Å². The molecule has 0 heterocycles. The molecule has 30 heavy (non-hydrogen) atoms. The van der Waals surface area contributed by atoms with E-state index in [2.05, 4.69) is 10.1 Å². The van der Waals surface area contributed by atoms with E-state index in [1.54, 1.807) is 26.1 Å². The fourth-order valence-electron chi connectivity index (χ4n) is 2.94. The fraction of sp³-hybridized carbons (Fsp3) is 0.364. The molecule has 2 rings (SSSR count). The standard InChI is InChI=1S/C22H27F2N3O3/c1-15-5-9-18(10-6-15)25-20(28)14-27(4)21(29)16(2)26(3)13-17-7-11-19(12-8-17)30-22(23)24/h5-12,16,22H,13-14H2,1-4H3,(H,25,28)/p+1/t16-/m0/s1. The zero-order valence-electron chi connectivity index (χ0n) is 17.6. The first-order valence-electron chi connectivity index (χ1n) is 9.63. The van der Waals surface area contributed by atoms with Crippen LogP contribution in [-0.4, -0.2) is 50.0 Å². The lowest BCUT2D eigenvalue weighted by atomic mass is 10.1. The van der Waals surface area contributed by atoms with Crippen LogP contribution >= 0.6 is 0 Å². The van der Waals surface area contributed by atoms with Gasteiger partial charge in [-0.1, -0.05) is 17.7 Å². The Kier molecular flexibility index (Phi) is 8.29. The SMILES string of the molecule is Cc1ccc(NC(=O)CN(C)C(=O)[C@H](C)[NH+](C)Cc2ccc(OC(F)F)cc2)cc1. The first-order chi connectivity index (χ1) is 14.2. The van der Waals surface area contributed by atoms with Crippen LogP contribution in [0.1, 0.15) is 18.1 Å². The Morgan fingerprint density at radius 1 is 1.10 bits per heavy atom. The van der Waals surface area contributed by atoms with Crippen LogP contribution in [0.3, 0.4) is 0 Å². The lowest BCUT2D eigenvalue weighted by Crippen LogP contribution is -3.12. The lowest BCUT2D eigenvalue weighted by Gasteiger charge is -2.25. The largest absolute Gasteiger partial charge is 0.435 e. The molecule has 0 aliphatic carbocycles. The molecule has 0 aromatic heterocycles. The number of alkyl halides is 2. The van der Waals surface area contributed by atoms with Crippen LogP contribution in [0.25, 0.3) is 0 Å². The number of nitrogens with zero attached hydrogens (tertiary/aromatic N) is 1. The third kappa shape index (κ3) is 7.11. The summed E-state index contributed by atoms with van der Waals surface area (Å²) in [4.78, 5) is 27.2. The Balaban J connectivity index is 1.86. The monoisotopic (exact) mass is 420 g/mol. The van der Waals surface area contributed by atoms with Crippen molar-refractivity contribution in [2.24, 2.45) is 0 Å². The van der Waals surface area contributed by atoms with Crippen LogP contribution in [0, 0.1) is 6.92 Å². The quantitative estimate of drug-likeness (QED) is 0.653. The second kappa shape index (κ2) is 10.7. The van der Waals surface area contributed by atoms with E-state index in [9.17, 15) is 18.4 Å². The molecule has 8 heteroatoms. The predicted molar refractivity (Wildman–Crippen MR) is 111 cm³/mol. The van der Waals surface area contributed by atoms with E-state index in [1.165, 1.54) is 17.0 Å². The molecule has 0 fully saturated rings. The van der Waals surface area contributed by atoms with E-state index in [-0.39, 0.29) is 30.2 Å². The van der Waals surface area contributed by atoms with Gasteiger partial charge in [0.2, 0.25) is 5.91 Å². The fourth-order valence-corrected chi connectivity index (χ4v) is 2.94. The normalized spacial score (nSPS) is 12.9. The Morgan fingerprint density at radius 3 is 2.27 bits per heavy atom. The molecule has 2 aromatic carbocycles. The van der Waals surface area contributed by atoms with Gasteiger partial charge in [0.05, 0.1) is 13.6 Å². The first kappa shape index (κ1) is 23.3. The number of amides is 2. The summed E-state index contributed by atoms with van der Waals surface area (Å²) in [6.45, 7) is 1.36. The number of ether oxygens (including phenoxy) is 1.